The molecule has 1 aliphatic rings. The molecule has 3 aromatic carbocycles. The third-order valence-electron chi connectivity index (χ3n) is 5.66. The van der Waals surface area contributed by atoms with Gasteiger partial charge < -0.3 is 14.4 Å². The van der Waals surface area contributed by atoms with Crippen LogP contribution in [-0.4, -0.2) is 35.0 Å². The number of likely N-dealkylation sites (tertiary alicyclic amines) is 1. The summed E-state index contributed by atoms with van der Waals surface area (Å²) in [6.45, 7) is 3.39. The average Bonchev–Trinajstić information content (AvgIpc) is 3.24. The van der Waals surface area contributed by atoms with Gasteiger partial charge in [0.05, 0.1) is 10.2 Å². The molecular formula is C26H24N2O3S. The topological polar surface area (TPSA) is 51.7 Å². The fourth-order valence-corrected chi connectivity index (χ4v) is 4.89. The number of aryl methyl sites for hydroxylation is 1. The van der Waals surface area contributed by atoms with Crippen LogP contribution in [0.2, 0.25) is 0 Å². The number of fused-ring (bicyclic) bond motifs is 1. The number of thiazole rings is 1. The highest BCUT2D eigenvalue weighted by Gasteiger charge is 2.25. The maximum atomic E-state index is 13.0. The van der Waals surface area contributed by atoms with Crippen molar-refractivity contribution in [3.8, 4) is 16.7 Å². The van der Waals surface area contributed by atoms with E-state index >= 15 is 0 Å². The summed E-state index contributed by atoms with van der Waals surface area (Å²) in [6.07, 6.45) is 1.66. The molecule has 1 aliphatic heterocycles. The zero-order chi connectivity index (χ0) is 21.9. The van der Waals surface area contributed by atoms with Crippen LogP contribution >= 0.6 is 11.3 Å². The summed E-state index contributed by atoms with van der Waals surface area (Å²) in [4.78, 5) is 19.6. The maximum Gasteiger partial charge on any atom is 0.274 e. The Morgan fingerprint density at radius 2 is 1.72 bits per heavy atom. The molecule has 0 N–H and O–H groups in total. The molecular weight excluding hydrogens is 420 g/mol. The van der Waals surface area contributed by atoms with Gasteiger partial charge in [0.2, 0.25) is 0 Å². The zero-order valence-corrected chi connectivity index (χ0v) is 18.7. The number of benzene rings is 3. The summed E-state index contributed by atoms with van der Waals surface area (Å²) in [5.41, 5.74) is 2.81. The number of carbonyl (C=O) groups is 1. The van der Waals surface area contributed by atoms with Gasteiger partial charge >= 0.3 is 0 Å². The minimum Gasteiger partial charge on any atom is -0.467 e. The largest absolute Gasteiger partial charge is 0.467 e. The molecule has 0 bridgehead atoms. The van der Waals surface area contributed by atoms with E-state index in [2.05, 4.69) is 24.0 Å². The number of hydrogen-bond acceptors (Lipinski definition) is 5. The van der Waals surface area contributed by atoms with Gasteiger partial charge in [0.1, 0.15) is 17.6 Å². The minimum atomic E-state index is 0.0255. The number of ether oxygens (including phenoxy) is 2. The molecule has 0 radical (unpaired) electrons. The first kappa shape index (κ1) is 20.5. The molecule has 5 nitrogen and oxygen atoms in total. The molecule has 0 unspecified atom stereocenters. The molecule has 0 spiro atoms. The first-order valence-corrected chi connectivity index (χ1v) is 11.6. The van der Waals surface area contributed by atoms with Crippen LogP contribution in [0.3, 0.4) is 0 Å². The summed E-state index contributed by atoms with van der Waals surface area (Å²) < 4.78 is 13.2. The smallest absolute Gasteiger partial charge is 0.274 e. The third-order valence-corrected chi connectivity index (χ3v) is 6.57. The van der Waals surface area contributed by atoms with Gasteiger partial charge in [0.15, 0.2) is 0 Å². The summed E-state index contributed by atoms with van der Waals surface area (Å²) in [5.74, 6) is 1.43. The molecule has 1 amide bonds. The predicted molar refractivity (Wildman–Crippen MR) is 127 cm³/mol. The Labute approximate surface area is 191 Å². The van der Waals surface area contributed by atoms with Crippen molar-refractivity contribution in [2.75, 3.05) is 13.1 Å². The van der Waals surface area contributed by atoms with Crippen LogP contribution < -0.4 is 9.47 Å². The number of amides is 1. The molecule has 32 heavy (non-hydrogen) atoms. The van der Waals surface area contributed by atoms with Crippen molar-refractivity contribution in [3.05, 3.63) is 83.9 Å². The van der Waals surface area contributed by atoms with Crippen molar-refractivity contribution in [2.24, 2.45) is 0 Å². The van der Waals surface area contributed by atoms with E-state index in [1.165, 1.54) is 0 Å². The van der Waals surface area contributed by atoms with Crippen molar-refractivity contribution < 1.29 is 14.3 Å². The second-order valence-corrected chi connectivity index (χ2v) is 8.95. The molecule has 4 aromatic rings. The van der Waals surface area contributed by atoms with E-state index in [-0.39, 0.29) is 12.0 Å². The lowest BCUT2D eigenvalue weighted by atomic mass is 10.1. The van der Waals surface area contributed by atoms with Gasteiger partial charge in [0.25, 0.3) is 11.1 Å². The van der Waals surface area contributed by atoms with Gasteiger partial charge in [-0.1, -0.05) is 47.7 Å². The first-order chi connectivity index (χ1) is 15.7. The average molecular weight is 445 g/mol. The first-order valence-electron chi connectivity index (χ1n) is 10.8. The zero-order valence-electron chi connectivity index (χ0n) is 17.9. The lowest BCUT2D eigenvalue weighted by Crippen LogP contribution is -2.41. The summed E-state index contributed by atoms with van der Waals surface area (Å²) in [7, 11) is 0. The van der Waals surface area contributed by atoms with E-state index in [9.17, 15) is 4.79 Å². The summed E-state index contributed by atoms with van der Waals surface area (Å²) >= 11 is 1.58. The number of hydrogen-bond donors (Lipinski definition) is 0. The Hall–Kier alpha value is -3.38. The molecule has 2 heterocycles. The van der Waals surface area contributed by atoms with E-state index in [0.717, 1.165) is 34.4 Å². The van der Waals surface area contributed by atoms with Gasteiger partial charge in [0, 0.05) is 31.5 Å². The van der Waals surface area contributed by atoms with Crippen LogP contribution in [-0.2, 0) is 0 Å². The van der Waals surface area contributed by atoms with E-state index in [4.69, 9.17) is 9.47 Å². The van der Waals surface area contributed by atoms with Crippen molar-refractivity contribution in [1.82, 2.24) is 9.88 Å². The molecule has 1 fully saturated rings. The SMILES string of the molecule is Cc1cccc2sc(OC3CCN(C(=O)c4cccc(Oc5ccccc5)c4)CC3)nc12. The normalized spacial score (nSPS) is 14.5. The Morgan fingerprint density at radius 3 is 2.50 bits per heavy atom. The highest BCUT2D eigenvalue weighted by molar-refractivity contribution is 7.20. The van der Waals surface area contributed by atoms with Crippen molar-refractivity contribution in [2.45, 2.75) is 25.9 Å². The molecule has 0 atom stereocenters. The number of rotatable bonds is 5. The fraction of sp³-hybridized carbons (Fsp3) is 0.231. The molecule has 1 aromatic heterocycles. The van der Waals surface area contributed by atoms with Crippen LogP contribution in [0, 0.1) is 6.92 Å². The number of piperidine rings is 1. The summed E-state index contributed by atoms with van der Waals surface area (Å²) in [5, 5.41) is 0.713. The highest BCUT2D eigenvalue weighted by atomic mass is 32.1. The fourth-order valence-electron chi connectivity index (χ4n) is 3.94. The Balaban J connectivity index is 1.20. The van der Waals surface area contributed by atoms with Crippen LogP contribution in [0.15, 0.2) is 72.8 Å². The van der Waals surface area contributed by atoms with Crippen LogP contribution in [0.25, 0.3) is 10.2 Å². The third kappa shape index (κ3) is 4.46. The standard InChI is InChI=1S/C26H24N2O3S/c1-18-7-5-12-23-24(18)27-26(32-23)31-21-13-15-28(16-14-21)25(29)19-8-6-11-22(17-19)30-20-9-3-2-4-10-20/h2-12,17,21H,13-16H2,1H3. The van der Waals surface area contributed by atoms with E-state index < -0.39 is 0 Å². The Morgan fingerprint density at radius 1 is 0.969 bits per heavy atom. The van der Waals surface area contributed by atoms with Crippen LogP contribution in [0.5, 0.6) is 16.7 Å². The van der Waals surface area contributed by atoms with Crippen molar-refractivity contribution in [1.29, 1.82) is 0 Å². The van der Waals surface area contributed by atoms with Crippen LogP contribution in [0.4, 0.5) is 0 Å². The monoisotopic (exact) mass is 444 g/mol. The molecule has 0 aliphatic carbocycles. The van der Waals surface area contributed by atoms with Gasteiger partial charge in [-0.05, 0) is 48.9 Å². The molecule has 0 saturated carbocycles. The Kier molecular flexibility index (Phi) is 5.77. The van der Waals surface area contributed by atoms with Gasteiger partial charge in [-0.3, -0.25) is 4.79 Å². The van der Waals surface area contributed by atoms with E-state index in [0.29, 0.717) is 29.6 Å². The number of para-hydroxylation sites is 2. The van der Waals surface area contributed by atoms with Gasteiger partial charge in [-0.15, -0.1) is 0 Å². The lowest BCUT2D eigenvalue weighted by molar-refractivity contribution is 0.0595. The van der Waals surface area contributed by atoms with Crippen LogP contribution in [0.1, 0.15) is 28.8 Å². The van der Waals surface area contributed by atoms with Crippen molar-refractivity contribution >= 4 is 27.5 Å². The minimum absolute atomic E-state index is 0.0255. The number of nitrogens with zero attached hydrogens (tertiary/aromatic N) is 2. The molecule has 5 rings (SSSR count). The summed E-state index contributed by atoms with van der Waals surface area (Å²) in [6, 6.07) is 23.1. The van der Waals surface area contributed by atoms with Gasteiger partial charge in [-0.2, -0.15) is 0 Å². The van der Waals surface area contributed by atoms with E-state index in [1.807, 2.05) is 59.5 Å². The number of aromatic nitrogens is 1. The molecule has 162 valence electrons. The van der Waals surface area contributed by atoms with E-state index in [1.54, 1.807) is 17.4 Å². The second kappa shape index (κ2) is 9.01. The predicted octanol–water partition coefficient (Wildman–Crippen LogP) is 6.08. The second-order valence-electron chi connectivity index (χ2n) is 7.95. The lowest BCUT2D eigenvalue weighted by Gasteiger charge is -2.31. The highest BCUT2D eigenvalue weighted by Crippen LogP contribution is 2.31. The maximum absolute atomic E-state index is 13.0. The molecule has 1 saturated heterocycles. The van der Waals surface area contributed by atoms with Crippen molar-refractivity contribution in [3.63, 3.8) is 0 Å². The number of carbonyl (C=O) groups excluding carboxylic acids is 1. The van der Waals surface area contributed by atoms with Gasteiger partial charge in [-0.25, -0.2) is 4.98 Å². The molecule has 6 heteroatoms. The Bertz CT molecular complexity index is 1230. The quantitative estimate of drug-likeness (QED) is 0.374.